The van der Waals surface area contributed by atoms with Crippen LogP contribution in [0.1, 0.15) is 129 Å². The number of rotatable bonds is 37. The van der Waals surface area contributed by atoms with Gasteiger partial charge in [0.25, 0.3) is 0 Å². The van der Waals surface area contributed by atoms with Gasteiger partial charge in [-0.3, -0.25) is 4.84 Å². The van der Waals surface area contributed by atoms with E-state index in [1.54, 1.807) is 54.2 Å². The monoisotopic (exact) mass is 1120 g/mol. The standard InChI is InChI=1S/C63H87N7O11/c1-48(60(53-18-13-10-14-19-53)47-81-70-62(3,4)24-15-25-63(70,5)6)38-59(52-16-11-9-12-17-52)49(2)51-22-20-50(21-23-51)44-80-61(71)54-39-57(78-45-55-42-68(66-64-55)26-28-74-34-36-76-32-30-72-7)41-58(40-54)79-46-56-43-69(67-65-56)27-29-75-35-37-77-33-31-73-8/h9-14,16-23,39-43,48-49,59-60H,15,24-38,44-47H2,1-8H3. The zero-order valence-corrected chi connectivity index (χ0v) is 49.0. The number of carbonyl (C=O) groups is 1. The van der Waals surface area contributed by atoms with E-state index in [1.165, 1.54) is 23.1 Å². The fourth-order valence-corrected chi connectivity index (χ4v) is 10.5. The van der Waals surface area contributed by atoms with Gasteiger partial charge >= 0.3 is 5.97 Å². The molecule has 0 amide bonds. The number of piperidine rings is 1. The summed E-state index contributed by atoms with van der Waals surface area (Å²) < 4.78 is 54.0. The van der Waals surface area contributed by atoms with Crippen molar-refractivity contribution in [2.75, 3.05) is 86.9 Å². The van der Waals surface area contributed by atoms with Crippen LogP contribution in [0.3, 0.4) is 0 Å². The number of hydroxylamine groups is 2. The van der Waals surface area contributed by atoms with Crippen molar-refractivity contribution in [3.8, 4) is 11.5 Å². The third-order valence-corrected chi connectivity index (χ3v) is 14.9. The molecule has 3 heterocycles. The molecule has 18 nitrogen and oxygen atoms in total. The summed E-state index contributed by atoms with van der Waals surface area (Å²) in [4.78, 5) is 20.9. The predicted molar refractivity (Wildman–Crippen MR) is 308 cm³/mol. The van der Waals surface area contributed by atoms with E-state index in [4.69, 9.17) is 47.5 Å². The molecule has 4 unspecified atom stereocenters. The summed E-state index contributed by atoms with van der Waals surface area (Å²) in [5.74, 6) is 1.14. The molecule has 2 aromatic heterocycles. The molecular weight excluding hydrogens is 1030 g/mol. The van der Waals surface area contributed by atoms with E-state index in [-0.39, 0.29) is 54.2 Å². The minimum Gasteiger partial charge on any atom is -0.487 e. The van der Waals surface area contributed by atoms with Crippen LogP contribution >= 0.6 is 0 Å². The maximum atomic E-state index is 13.9. The summed E-state index contributed by atoms with van der Waals surface area (Å²) in [7, 11) is 3.28. The van der Waals surface area contributed by atoms with E-state index >= 15 is 0 Å². The number of hydrogen-bond donors (Lipinski definition) is 0. The molecule has 81 heavy (non-hydrogen) atoms. The summed E-state index contributed by atoms with van der Waals surface area (Å²) in [6.07, 6.45) is 7.96. The fourth-order valence-electron chi connectivity index (χ4n) is 10.5. The van der Waals surface area contributed by atoms with E-state index in [0.717, 1.165) is 24.8 Å². The molecule has 0 bridgehead atoms. The quantitative estimate of drug-likeness (QED) is 0.0266. The van der Waals surface area contributed by atoms with E-state index in [1.807, 2.05) is 0 Å². The molecule has 1 fully saturated rings. The summed E-state index contributed by atoms with van der Waals surface area (Å²) in [6.45, 7) is 20.7. The van der Waals surface area contributed by atoms with Crippen molar-refractivity contribution in [2.45, 2.75) is 129 Å². The van der Waals surface area contributed by atoms with Crippen LogP contribution in [0.15, 0.2) is 116 Å². The van der Waals surface area contributed by atoms with Crippen molar-refractivity contribution >= 4 is 5.97 Å². The highest BCUT2D eigenvalue weighted by Crippen LogP contribution is 2.43. The topological polar surface area (TPSA) is 174 Å². The lowest BCUT2D eigenvalue weighted by molar-refractivity contribution is -0.284. The third-order valence-electron chi connectivity index (χ3n) is 14.9. The third kappa shape index (κ3) is 20.1. The normalized spacial score (nSPS) is 15.7. The summed E-state index contributed by atoms with van der Waals surface area (Å²) in [5.41, 5.74) is 6.03. The van der Waals surface area contributed by atoms with Crippen molar-refractivity contribution in [1.29, 1.82) is 0 Å². The van der Waals surface area contributed by atoms with Crippen LogP contribution in [-0.2, 0) is 70.9 Å². The number of hydrogen-bond acceptors (Lipinski definition) is 16. The number of nitrogens with zero attached hydrogens (tertiary/aromatic N) is 7. The van der Waals surface area contributed by atoms with Gasteiger partial charge in [0.2, 0.25) is 0 Å². The Morgan fingerprint density at radius 3 is 1.56 bits per heavy atom. The van der Waals surface area contributed by atoms with E-state index in [2.05, 4.69) is 152 Å². The number of esters is 1. The molecule has 0 saturated carbocycles. The van der Waals surface area contributed by atoms with Crippen LogP contribution < -0.4 is 9.47 Å². The van der Waals surface area contributed by atoms with Gasteiger partial charge in [0, 0.05) is 37.3 Å². The molecule has 1 aliphatic rings. The molecular formula is C63H87N7O11. The molecule has 18 heteroatoms. The zero-order valence-electron chi connectivity index (χ0n) is 49.0. The molecule has 7 rings (SSSR count). The van der Waals surface area contributed by atoms with Crippen LogP contribution in [0.25, 0.3) is 0 Å². The molecule has 1 aliphatic heterocycles. The van der Waals surface area contributed by atoms with Gasteiger partial charge in [0.15, 0.2) is 0 Å². The van der Waals surface area contributed by atoms with Gasteiger partial charge < -0.3 is 42.6 Å². The number of aromatic nitrogens is 6. The number of methoxy groups -OCH3 is 2. The van der Waals surface area contributed by atoms with Crippen LogP contribution in [0.4, 0.5) is 0 Å². The summed E-state index contributed by atoms with van der Waals surface area (Å²) in [5, 5.41) is 19.3. The largest absolute Gasteiger partial charge is 0.487 e. The summed E-state index contributed by atoms with van der Waals surface area (Å²) >= 11 is 0. The van der Waals surface area contributed by atoms with Crippen LogP contribution in [0.5, 0.6) is 11.5 Å². The molecule has 440 valence electrons. The van der Waals surface area contributed by atoms with Crippen LogP contribution in [-0.4, -0.2) is 139 Å². The van der Waals surface area contributed by atoms with Crippen molar-refractivity contribution in [3.05, 3.63) is 155 Å². The van der Waals surface area contributed by atoms with Crippen molar-refractivity contribution in [2.24, 2.45) is 5.92 Å². The second-order valence-electron chi connectivity index (χ2n) is 22.1. The van der Waals surface area contributed by atoms with Crippen LogP contribution in [0.2, 0.25) is 0 Å². The highest BCUT2D eigenvalue weighted by molar-refractivity contribution is 5.90. The Kier molecular flexibility index (Phi) is 25.1. The molecule has 0 aliphatic carbocycles. The molecule has 0 spiro atoms. The molecule has 1 saturated heterocycles. The Bertz CT molecular complexity index is 2630. The first-order valence-electron chi connectivity index (χ1n) is 28.6. The van der Waals surface area contributed by atoms with Gasteiger partial charge in [-0.25, -0.2) is 14.2 Å². The maximum Gasteiger partial charge on any atom is 0.338 e. The molecule has 0 radical (unpaired) electrons. The summed E-state index contributed by atoms with van der Waals surface area (Å²) in [6, 6.07) is 35.2. The van der Waals surface area contributed by atoms with Gasteiger partial charge in [0.1, 0.15) is 42.7 Å². The number of benzene rings is 4. The fraction of sp³-hybridized carbons (Fsp3) is 0.540. The average molecular weight is 1120 g/mol. The first-order valence-corrected chi connectivity index (χ1v) is 28.6. The van der Waals surface area contributed by atoms with Gasteiger partial charge in [-0.05, 0) is 106 Å². The smallest absolute Gasteiger partial charge is 0.338 e. The Morgan fingerprint density at radius 2 is 1.05 bits per heavy atom. The van der Waals surface area contributed by atoms with E-state index < -0.39 is 5.97 Å². The van der Waals surface area contributed by atoms with Crippen molar-refractivity contribution < 1.29 is 52.3 Å². The maximum absolute atomic E-state index is 13.9. The second-order valence-corrected chi connectivity index (χ2v) is 22.1. The molecule has 4 aromatic carbocycles. The number of ether oxygens (including phenoxy) is 9. The van der Waals surface area contributed by atoms with E-state index in [0.29, 0.717) is 115 Å². The van der Waals surface area contributed by atoms with Crippen molar-refractivity contribution in [3.63, 3.8) is 0 Å². The minimum absolute atomic E-state index is 0.0514. The molecule has 6 aromatic rings. The lowest BCUT2D eigenvalue weighted by Gasteiger charge is -2.51. The lowest BCUT2D eigenvalue weighted by atomic mass is 9.74. The van der Waals surface area contributed by atoms with Crippen LogP contribution in [0, 0.1) is 5.92 Å². The Hall–Kier alpha value is -6.09. The van der Waals surface area contributed by atoms with Crippen molar-refractivity contribution in [1.82, 2.24) is 35.1 Å². The van der Waals surface area contributed by atoms with Gasteiger partial charge in [-0.1, -0.05) is 109 Å². The van der Waals surface area contributed by atoms with E-state index in [9.17, 15) is 4.79 Å². The predicted octanol–water partition coefficient (Wildman–Crippen LogP) is 10.4. The van der Waals surface area contributed by atoms with Gasteiger partial charge in [-0.2, -0.15) is 5.06 Å². The Balaban J connectivity index is 0.990. The second kappa shape index (κ2) is 32.5. The average Bonchev–Trinajstić information content (AvgIpc) is 4.15. The highest BCUT2D eigenvalue weighted by atomic mass is 16.7. The Morgan fingerprint density at radius 1 is 0.568 bits per heavy atom. The first-order chi connectivity index (χ1) is 39.3. The minimum atomic E-state index is -0.532. The highest BCUT2D eigenvalue weighted by Gasteiger charge is 2.43. The van der Waals surface area contributed by atoms with Gasteiger partial charge in [-0.15, -0.1) is 10.2 Å². The first kappa shape index (κ1) is 62.5. The SMILES string of the molecule is COCCOCCOCCn1cc(COc2cc(OCc3cn(CCOCCOCCOC)nn3)cc(C(=O)OCc3ccc(C(C)C(CC(C)C(CON4C(C)(C)CCCC4(C)C)c4ccccc4)c4ccccc4)cc3)c2)nn1. The Labute approximate surface area is 479 Å². The zero-order chi connectivity index (χ0) is 57.3. The lowest BCUT2D eigenvalue weighted by Crippen LogP contribution is -2.58. The van der Waals surface area contributed by atoms with Gasteiger partial charge in [0.05, 0.1) is 104 Å². The molecule has 4 atom stereocenters. The number of carbonyl (C=O) groups excluding carboxylic acids is 1. The molecule has 0 N–H and O–H groups in total.